The number of amides is 1. The lowest BCUT2D eigenvalue weighted by molar-refractivity contribution is -0.117. The van der Waals surface area contributed by atoms with Gasteiger partial charge in [0.05, 0.1) is 0 Å². The van der Waals surface area contributed by atoms with Crippen LogP contribution in [0.15, 0.2) is 24.3 Å². The van der Waals surface area contributed by atoms with Crippen molar-refractivity contribution in [1.29, 1.82) is 0 Å². The molecule has 0 bridgehead atoms. The average Bonchev–Trinajstić information content (AvgIpc) is 2.48. The molecule has 1 amide bonds. The van der Waals surface area contributed by atoms with Crippen molar-refractivity contribution >= 4 is 29.8 Å². The highest BCUT2D eigenvalue weighted by atomic mass is 35.5. The standard InChI is InChI=1S/C17H24N2O2.ClH/c1-12(14-6-8-18-9-7-14)10-17(21)19-16-5-3-4-15(11-16)13(2)20;/h3-5,11-12,14,18H,6-10H2,1-2H3,(H,19,21);1H. The average molecular weight is 325 g/mol. The van der Waals surface area contributed by atoms with Gasteiger partial charge in [0.25, 0.3) is 0 Å². The van der Waals surface area contributed by atoms with Gasteiger partial charge in [-0.1, -0.05) is 19.1 Å². The minimum Gasteiger partial charge on any atom is -0.326 e. The number of ketones is 1. The Bertz CT molecular complexity index is 513. The van der Waals surface area contributed by atoms with E-state index in [0.29, 0.717) is 29.5 Å². The van der Waals surface area contributed by atoms with Crippen molar-refractivity contribution in [2.45, 2.75) is 33.1 Å². The maximum Gasteiger partial charge on any atom is 0.224 e. The van der Waals surface area contributed by atoms with Gasteiger partial charge in [0, 0.05) is 17.7 Å². The van der Waals surface area contributed by atoms with Crippen molar-refractivity contribution in [3.63, 3.8) is 0 Å². The first-order valence-electron chi connectivity index (χ1n) is 7.68. The van der Waals surface area contributed by atoms with Crippen molar-refractivity contribution in [2.75, 3.05) is 18.4 Å². The molecule has 1 atom stereocenters. The van der Waals surface area contributed by atoms with Crippen molar-refractivity contribution in [2.24, 2.45) is 11.8 Å². The molecular weight excluding hydrogens is 300 g/mol. The minimum atomic E-state index is 0. The first-order valence-corrected chi connectivity index (χ1v) is 7.68. The fraction of sp³-hybridized carbons (Fsp3) is 0.529. The quantitative estimate of drug-likeness (QED) is 0.817. The van der Waals surface area contributed by atoms with Crippen LogP contribution in [0.5, 0.6) is 0 Å². The Morgan fingerprint density at radius 3 is 2.64 bits per heavy atom. The van der Waals surface area contributed by atoms with Gasteiger partial charge in [-0.05, 0) is 56.8 Å². The molecule has 0 aromatic heterocycles. The molecule has 1 heterocycles. The molecular formula is C17H25ClN2O2. The van der Waals surface area contributed by atoms with Gasteiger partial charge in [-0.25, -0.2) is 0 Å². The second kappa shape index (κ2) is 8.91. The van der Waals surface area contributed by atoms with E-state index in [1.807, 2.05) is 6.07 Å². The Labute approximate surface area is 138 Å². The number of piperidine rings is 1. The fourth-order valence-electron chi connectivity index (χ4n) is 2.90. The highest BCUT2D eigenvalue weighted by Crippen LogP contribution is 2.24. The number of hydrogen-bond donors (Lipinski definition) is 2. The topological polar surface area (TPSA) is 58.2 Å². The van der Waals surface area contributed by atoms with Crippen molar-refractivity contribution in [3.8, 4) is 0 Å². The van der Waals surface area contributed by atoms with E-state index in [1.165, 1.54) is 6.92 Å². The summed E-state index contributed by atoms with van der Waals surface area (Å²) < 4.78 is 0. The van der Waals surface area contributed by atoms with Crippen LogP contribution in [0.3, 0.4) is 0 Å². The third-order valence-corrected chi connectivity index (χ3v) is 4.25. The Morgan fingerprint density at radius 1 is 1.32 bits per heavy atom. The molecule has 122 valence electrons. The van der Waals surface area contributed by atoms with E-state index in [0.717, 1.165) is 25.9 Å². The normalized spacial score (nSPS) is 16.5. The highest BCUT2D eigenvalue weighted by Gasteiger charge is 2.22. The maximum absolute atomic E-state index is 12.1. The summed E-state index contributed by atoms with van der Waals surface area (Å²) in [5.74, 6) is 1.06. The molecule has 0 radical (unpaired) electrons. The zero-order valence-corrected chi connectivity index (χ0v) is 14.0. The Balaban J connectivity index is 0.00000242. The summed E-state index contributed by atoms with van der Waals surface area (Å²) in [7, 11) is 0. The highest BCUT2D eigenvalue weighted by molar-refractivity contribution is 5.97. The van der Waals surface area contributed by atoms with Gasteiger partial charge in [0.2, 0.25) is 5.91 Å². The lowest BCUT2D eigenvalue weighted by atomic mass is 9.84. The maximum atomic E-state index is 12.1. The number of carbonyl (C=O) groups excluding carboxylic acids is 2. The molecule has 22 heavy (non-hydrogen) atoms. The second-order valence-corrected chi connectivity index (χ2v) is 5.95. The lowest BCUT2D eigenvalue weighted by Gasteiger charge is -2.27. The Hall–Kier alpha value is -1.39. The Kier molecular flexibility index (Phi) is 7.56. The van der Waals surface area contributed by atoms with Gasteiger partial charge in [0.15, 0.2) is 5.78 Å². The smallest absolute Gasteiger partial charge is 0.224 e. The summed E-state index contributed by atoms with van der Waals surface area (Å²) in [6, 6.07) is 7.10. The zero-order chi connectivity index (χ0) is 15.2. The molecule has 1 unspecified atom stereocenters. The minimum absolute atomic E-state index is 0. The molecule has 1 saturated heterocycles. The molecule has 1 aromatic carbocycles. The second-order valence-electron chi connectivity index (χ2n) is 5.95. The molecule has 1 aliphatic rings. The monoisotopic (exact) mass is 324 g/mol. The number of benzene rings is 1. The third kappa shape index (κ3) is 5.43. The largest absolute Gasteiger partial charge is 0.326 e. The van der Waals surface area contributed by atoms with Crippen LogP contribution < -0.4 is 10.6 Å². The van der Waals surface area contributed by atoms with E-state index < -0.39 is 0 Å². The Morgan fingerprint density at radius 2 is 2.00 bits per heavy atom. The van der Waals surface area contributed by atoms with Crippen LogP contribution in [0.2, 0.25) is 0 Å². The van der Waals surface area contributed by atoms with Crippen molar-refractivity contribution in [1.82, 2.24) is 5.32 Å². The van der Waals surface area contributed by atoms with Crippen LogP contribution in [0, 0.1) is 11.8 Å². The molecule has 4 nitrogen and oxygen atoms in total. The van der Waals surface area contributed by atoms with Crippen LogP contribution in [-0.4, -0.2) is 24.8 Å². The number of anilines is 1. The van der Waals surface area contributed by atoms with Crippen LogP contribution in [0.4, 0.5) is 5.69 Å². The van der Waals surface area contributed by atoms with Gasteiger partial charge in [-0.2, -0.15) is 0 Å². The van der Waals surface area contributed by atoms with E-state index in [4.69, 9.17) is 0 Å². The molecule has 1 aliphatic heterocycles. The summed E-state index contributed by atoms with van der Waals surface area (Å²) in [4.78, 5) is 23.5. The van der Waals surface area contributed by atoms with Gasteiger partial charge in [-0.15, -0.1) is 12.4 Å². The van der Waals surface area contributed by atoms with E-state index >= 15 is 0 Å². The molecule has 2 rings (SSSR count). The number of halogens is 1. The molecule has 2 N–H and O–H groups in total. The van der Waals surface area contributed by atoms with Gasteiger partial charge in [0.1, 0.15) is 0 Å². The number of hydrogen-bond acceptors (Lipinski definition) is 3. The predicted octanol–water partition coefficient (Wildman–Crippen LogP) is 3.28. The molecule has 5 heteroatoms. The molecule has 1 fully saturated rings. The van der Waals surface area contributed by atoms with Crippen LogP contribution in [-0.2, 0) is 4.79 Å². The number of rotatable bonds is 5. The molecule has 1 aromatic rings. The zero-order valence-electron chi connectivity index (χ0n) is 13.2. The first kappa shape index (κ1) is 18.7. The van der Waals surface area contributed by atoms with E-state index in [-0.39, 0.29) is 24.1 Å². The van der Waals surface area contributed by atoms with Gasteiger partial charge in [-0.3, -0.25) is 9.59 Å². The van der Waals surface area contributed by atoms with Gasteiger partial charge < -0.3 is 10.6 Å². The summed E-state index contributed by atoms with van der Waals surface area (Å²) in [6.07, 6.45) is 2.83. The summed E-state index contributed by atoms with van der Waals surface area (Å²) in [5.41, 5.74) is 1.32. The number of Topliss-reactive ketones (excluding diaryl/α,β-unsaturated/α-hetero) is 1. The predicted molar refractivity (Wildman–Crippen MR) is 91.7 cm³/mol. The van der Waals surface area contributed by atoms with E-state index in [9.17, 15) is 9.59 Å². The van der Waals surface area contributed by atoms with Crippen molar-refractivity contribution in [3.05, 3.63) is 29.8 Å². The SMILES string of the molecule is CC(=O)c1cccc(NC(=O)CC(C)C2CCNCC2)c1.Cl. The van der Waals surface area contributed by atoms with Crippen LogP contribution >= 0.6 is 12.4 Å². The molecule has 0 aliphatic carbocycles. The summed E-state index contributed by atoms with van der Waals surface area (Å²) in [5, 5.41) is 6.25. The number of nitrogens with one attached hydrogen (secondary N) is 2. The van der Waals surface area contributed by atoms with Gasteiger partial charge >= 0.3 is 0 Å². The fourth-order valence-corrected chi connectivity index (χ4v) is 2.90. The molecule has 0 saturated carbocycles. The van der Waals surface area contributed by atoms with Crippen LogP contribution in [0.25, 0.3) is 0 Å². The summed E-state index contributed by atoms with van der Waals surface area (Å²) >= 11 is 0. The van der Waals surface area contributed by atoms with Crippen LogP contribution in [0.1, 0.15) is 43.5 Å². The number of carbonyl (C=O) groups is 2. The summed E-state index contributed by atoms with van der Waals surface area (Å²) in [6.45, 7) is 5.79. The third-order valence-electron chi connectivity index (χ3n) is 4.25. The lowest BCUT2D eigenvalue weighted by Crippen LogP contribution is -2.32. The van der Waals surface area contributed by atoms with E-state index in [1.54, 1.807) is 18.2 Å². The van der Waals surface area contributed by atoms with Crippen molar-refractivity contribution < 1.29 is 9.59 Å². The van der Waals surface area contributed by atoms with E-state index in [2.05, 4.69) is 17.6 Å². The first-order chi connectivity index (χ1) is 10.1. The molecule has 0 spiro atoms.